The predicted octanol–water partition coefficient (Wildman–Crippen LogP) is 0.329. The molecule has 174 valence electrons. The number of carbonyl (C=O) groups is 3. The van der Waals surface area contributed by atoms with Gasteiger partial charge in [-0.05, 0) is 28.8 Å². The molecule has 0 spiro atoms. The highest BCUT2D eigenvalue weighted by Gasteiger charge is 2.55. The van der Waals surface area contributed by atoms with Crippen LogP contribution in [0.15, 0.2) is 16.4 Å². The minimum Gasteiger partial charge on any atom is -0.481 e. The lowest BCUT2D eigenvalue weighted by atomic mass is 10.0. The highest BCUT2D eigenvalue weighted by molar-refractivity contribution is 8.01. The van der Waals surface area contributed by atoms with Gasteiger partial charge in [0, 0.05) is 30.4 Å². The van der Waals surface area contributed by atoms with E-state index in [-0.39, 0.29) is 41.0 Å². The molecule has 1 aliphatic carbocycles. The highest BCUT2D eigenvalue weighted by atomic mass is 32.2. The molecule has 12 nitrogen and oxygen atoms in total. The number of carboxylic acids is 2. The third-order valence-electron chi connectivity index (χ3n) is 5.48. The number of thiocarbonyl (C=S) groups is 1. The Morgan fingerprint density at radius 1 is 1.39 bits per heavy atom. The Morgan fingerprint density at radius 2 is 2.18 bits per heavy atom. The summed E-state index contributed by atoms with van der Waals surface area (Å²) in [5, 5.41) is 42.0. The van der Waals surface area contributed by atoms with Gasteiger partial charge >= 0.3 is 11.9 Å². The first kappa shape index (κ1) is 23.5. The first-order chi connectivity index (χ1) is 15.8. The fourth-order valence-electron chi connectivity index (χ4n) is 3.65. The second-order valence-corrected chi connectivity index (χ2v) is 10.2. The molecule has 33 heavy (non-hydrogen) atoms. The Balaban J connectivity index is 1.40. The van der Waals surface area contributed by atoms with E-state index in [9.17, 15) is 19.5 Å². The largest absolute Gasteiger partial charge is 0.481 e. The summed E-state index contributed by atoms with van der Waals surface area (Å²) in [6.07, 6.45) is 1.04. The third kappa shape index (κ3) is 4.82. The van der Waals surface area contributed by atoms with Gasteiger partial charge in [0.25, 0.3) is 5.91 Å². The van der Waals surface area contributed by atoms with Gasteiger partial charge in [-0.25, -0.2) is 9.48 Å². The van der Waals surface area contributed by atoms with Crippen molar-refractivity contribution in [3.63, 3.8) is 0 Å². The second-order valence-electron chi connectivity index (χ2n) is 7.70. The standard InChI is InChI=1S/C18H19N7O5S3/c19-5-8-4-10(8)14(31)20-12-15(28)25-13(17(29)30)9(6-32-16(12)25)7-33-18-21-22-23-24(18)3-1-2-11(26)27/h8,10,12,16H,1-4,6-7H2,(H,20,31)(H,26,27)(H,29,30)/t8-,10-,12?,16-/m0/s1. The van der Waals surface area contributed by atoms with E-state index in [0.29, 0.717) is 40.9 Å². The van der Waals surface area contributed by atoms with Crippen LogP contribution in [0.4, 0.5) is 0 Å². The van der Waals surface area contributed by atoms with Crippen LogP contribution >= 0.6 is 35.7 Å². The molecule has 15 heteroatoms. The van der Waals surface area contributed by atoms with Crippen LogP contribution < -0.4 is 5.32 Å². The van der Waals surface area contributed by atoms with Crippen molar-refractivity contribution >= 4 is 58.6 Å². The van der Waals surface area contributed by atoms with Gasteiger partial charge in [-0.1, -0.05) is 24.0 Å². The van der Waals surface area contributed by atoms with Crippen LogP contribution in [0.3, 0.4) is 0 Å². The molecule has 1 saturated heterocycles. The maximum atomic E-state index is 12.8. The van der Waals surface area contributed by atoms with Crippen LogP contribution in [0.25, 0.3) is 0 Å². The molecule has 2 fully saturated rings. The number of hydrogen-bond donors (Lipinski definition) is 3. The van der Waals surface area contributed by atoms with Gasteiger partial charge in [0.2, 0.25) is 5.16 Å². The number of amides is 1. The van der Waals surface area contributed by atoms with Gasteiger partial charge < -0.3 is 15.5 Å². The normalized spacial score (nSPS) is 25.7. The number of carbonyl (C=O) groups excluding carboxylic acids is 1. The minimum atomic E-state index is -1.18. The molecule has 1 unspecified atom stereocenters. The number of nitrogens with zero attached hydrogens (tertiary/aromatic N) is 6. The zero-order valence-electron chi connectivity index (χ0n) is 17.1. The number of β-lactam (4-membered cyclic amide) rings is 1. The topological polar surface area (TPSA) is 174 Å². The number of aliphatic carboxylic acids is 2. The van der Waals surface area contributed by atoms with Crippen molar-refractivity contribution < 1.29 is 24.6 Å². The number of carboxylic acid groups (broad SMARTS) is 2. The number of tetrazole rings is 1. The summed E-state index contributed by atoms with van der Waals surface area (Å²) in [7, 11) is 0. The summed E-state index contributed by atoms with van der Waals surface area (Å²) in [5.74, 6) is -1.92. The quantitative estimate of drug-likeness (QED) is 0.224. The van der Waals surface area contributed by atoms with Crippen molar-refractivity contribution in [2.45, 2.75) is 42.4 Å². The van der Waals surface area contributed by atoms with Crippen LogP contribution in [0.2, 0.25) is 0 Å². The van der Waals surface area contributed by atoms with Crippen molar-refractivity contribution in [3.8, 4) is 6.07 Å². The van der Waals surface area contributed by atoms with Gasteiger partial charge in [0.1, 0.15) is 17.1 Å². The summed E-state index contributed by atoms with van der Waals surface area (Å²) >= 11 is 8.02. The molecule has 0 aromatic carbocycles. The summed E-state index contributed by atoms with van der Waals surface area (Å²) in [5.41, 5.74) is 0.543. The first-order valence-corrected chi connectivity index (χ1v) is 12.5. The monoisotopic (exact) mass is 509 g/mol. The lowest BCUT2D eigenvalue weighted by Gasteiger charge is -2.49. The number of hydrogen-bond acceptors (Lipinski definition) is 10. The first-order valence-electron chi connectivity index (χ1n) is 10.0. The van der Waals surface area contributed by atoms with Crippen molar-refractivity contribution in [2.75, 3.05) is 11.5 Å². The predicted molar refractivity (Wildman–Crippen MR) is 120 cm³/mol. The molecule has 3 aliphatic rings. The molecule has 4 rings (SSSR count). The van der Waals surface area contributed by atoms with Crippen LogP contribution in [-0.4, -0.2) is 81.1 Å². The molecule has 1 aromatic heterocycles. The lowest BCUT2D eigenvalue weighted by molar-refractivity contribution is -0.148. The number of aryl methyl sites for hydroxylation is 1. The van der Waals surface area contributed by atoms with E-state index in [0.717, 1.165) is 0 Å². The molecule has 1 aromatic rings. The number of nitriles is 1. The molecule has 1 saturated carbocycles. The molecular formula is C18H19N7O5S3. The summed E-state index contributed by atoms with van der Waals surface area (Å²) in [4.78, 5) is 37.3. The second kappa shape index (κ2) is 9.65. The van der Waals surface area contributed by atoms with Gasteiger partial charge in [-0.15, -0.1) is 16.9 Å². The van der Waals surface area contributed by atoms with Gasteiger partial charge in [-0.3, -0.25) is 14.5 Å². The zero-order valence-corrected chi connectivity index (χ0v) is 19.5. The number of rotatable bonds is 10. The minimum absolute atomic E-state index is 0.00998. The Morgan fingerprint density at radius 3 is 2.85 bits per heavy atom. The smallest absolute Gasteiger partial charge is 0.352 e. The molecular weight excluding hydrogens is 490 g/mol. The Bertz CT molecular complexity index is 1080. The molecule has 1 amide bonds. The van der Waals surface area contributed by atoms with Crippen LogP contribution in [0, 0.1) is 23.2 Å². The molecule has 3 N–H and O–H groups in total. The maximum Gasteiger partial charge on any atom is 0.352 e. The highest BCUT2D eigenvalue weighted by Crippen LogP contribution is 2.43. The van der Waals surface area contributed by atoms with E-state index < -0.39 is 18.0 Å². The van der Waals surface area contributed by atoms with E-state index in [1.165, 1.54) is 33.1 Å². The van der Waals surface area contributed by atoms with Gasteiger partial charge in [0.15, 0.2) is 0 Å². The van der Waals surface area contributed by atoms with Gasteiger partial charge in [0.05, 0.1) is 17.0 Å². The molecule has 2 aliphatic heterocycles. The van der Waals surface area contributed by atoms with E-state index >= 15 is 0 Å². The fraction of sp³-hybridized carbons (Fsp3) is 0.556. The van der Waals surface area contributed by atoms with Crippen molar-refractivity contribution in [1.29, 1.82) is 5.26 Å². The number of fused-ring (bicyclic) bond motifs is 1. The molecule has 4 atom stereocenters. The van der Waals surface area contributed by atoms with Crippen LogP contribution in [-0.2, 0) is 20.9 Å². The summed E-state index contributed by atoms with van der Waals surface area (Å²) < 4.78 is 1.48. The Kier molecular flexibility index (Phi) is 6.86. The van der Waals surface area contributed by atoms with Crippen molar-refractivity contribution in [3.05, 3.63) is 11.3 Å². The van der Waals surface area contributed by atoms with E-state index in [1.807, 2.05) is 0 Å². The summed E-state index contributed by atoms with van der Waals surface area (Å²) in [6.45, 7) is 0.328. The number of nitrogens with one attached hydrogen (secondary N) is 1. The fourth-order valence-corrected chi connectivity index (χ4v) is 6.43. The Labute approximate surface area is 201 Å². The average molecular weight is 510 g/mol. The third-order valence-corrected chi connectivity index (χ3v) is 8.28. The van der Waals surface area contributed by atoms with E-state index in [4.69, 9.17) is 22.6 Å². The number of aromatic nitrogens is 4. The molecule has 3 heterocycles. The van der Waals surface area contributed by atoms with Gasteiger partial charge in [-0.2, -0.15) is 5.26 Å². The van der Waals surface area contributed by atoms with Crippen LogP contribution in [0.1, 0.15) is 19.3 Å². The molecule has 0 bridgehead atoms. The number of thioether (sulfide) groups is 2. The molecule has 0 radical (unpaired) electrons. The zero-order chi connectivity index (χ0) is 23.7. The summed E-state index contributed by atoms with van der Waals surface area (Å²) in [6, 6.07) is 1.56. The van der Waals surface area contributed by atoms with E-state index in [2.05, 4.69) is 26.9 Å². The maximum absolute atomic E-state index is 12.8. The SMILES string of the molecule is N#C[C@@H]1C[C@@H]1C(=S)NC1C(=O)N2C(C(=O)O)=C(CSc3nnnn3CCCC(=O)O)CS[C@@H]12. The van der Waals surface area contributed by atoms with Crippen molar-refractivity contribution in [2.24, 2.45) is 11.8 Å². The van der Waals surface area contributed by atoms with Crippen LogP contribution in [0.5, 0.6) is 0 Å². The Hall–Kier alpha value is -2.70. The van der Waals surface area contributed by atoms with Crippen molar-refractivity contribution in [1.82, 2.24) is 30.4 Å². The lowest BCUT2D eigenvalue weighted by Crippen LogP contribution is -2.70. The van der Waals surface area contributed by atoms with E-state index in [1.54, 1.807) is 0 Å². The average Bonchev–Trinajstić information content (AvgIpc) is 3.45.